The molecule has 1 atom stereocenters. The number of ketones is 1. The highest BCUT2D eigenvalue weighted by atomic mass is 16.6. The minimum atomic E-state index is -1.85. The van der Waals surface area contributed by atoms with E-state index in [4.69, 9.17) is 9.72 Å². The maximum Gasteiger partial charge on any atom is 0.343 e. The van der Waals surface area contributed by atoms with Gasteiger partial charge in [-0.25, -0.2) is 9.78 Å². The first-order chi connectivity index (χ1) is 18.4. The lowest BCUT2D eigenvalue weighted by molar-refractivity contribution is -0.172. The van der Waals surface area contributed by atoms with Crippen molar-refractivity contribution >= 4 is 22.7 Å². The van der Waals surface area contributed by atoms with Crippen LogP contribution >= 0.6 is 0 Å². The van der Waals surface area contributed by atoms with Gasteiger partial charge in [-0.3, -0.25) is 9.59 Å². The molecule has 7 heteroatoms. The first-order valence-electron chi connectivity index (χ1n) is 13.1. The fourth-order valence-corrected chi connectivity index (χ4v) is 5.79. The van der Waals surface area contributed by atoms with E-state index in [9.17, 15) is 19.5 Å². The number of hydrogen-bond donors (Lipinski definition) is 1. The number of cyclic esters (lactones) is 1. The third kappa shape index (κ3) is 3.61. The maximum atomic E-state index is 13.5. The summed E-state index contributed by atoms with van der Waals surface area (Å²) in [5.74, 6) is -0.615. The lowest BCUT2D eigenvalue weighted by atomic mass is 9.86. The van der Waals surface area contributed by atoms with Crippen LogP contribution in [0.5, 0.6) is 0 Å². The van der Waals surface area contributed by atoms with E-state index in [0.29, 0.717) is 41.9 Å². The molecule has 0 amide bonds. The Bertz CT molecular complexity index is 1690. The van der Waals surface area contributed by atoms with Gasteiger partial charge in [0.25, 0.3) is 5.56 Å². The van der Waals surface area contributed by atoms with Crippen molar-refractivity contribution in [2.24, 2.45) is 0 Å². The molecule has 0 fully saturated rings. The quantitative estimate of drug-likeness (QED) is 0.269. The average molecular weight is 509 g/mol. The van der Waals surface area contributed by atoms with Gasteiger partial charge in [-0.1, -0.05) is 50.2 Å². The highest BCUT2D eigenvalue weighted by Gasteiger charge is 2.45. The van der Waals surface area contributed by atoms with Crippen LogP contribution in [0.1, 0.15) is 64.9 Å². The van der Waals surface area contributed by atoms with Gasteiger partial charge in [-0.2, -0.15) is 0 Å². The number of benzene rings is 2. The number of Topliss-reactive ketones (excluding diaryl/α,β-unsaturated/α-hetero) is 1. The van der Waals surface area contributed by atoms with E-state index >= 15 is 0 Å². The Morgan fingerprint density at radius 2 is 1.87 bits per heavy atom. The van der Waals surface area contributed by atoms with Crippen molar-refractivity contribution in [1.29, 1.82) is 0 Å². The number of esters is 1. The van der Waals surface area contributed by atoms with Crippen LogP contribution in [0.25, 0.3) is 22.3 Å². The van der Waals surface area contributed by atoms with Gasteiger partial charge in [0.2, 0.25) is 0 Å². The van der Waals surface area contributed by atoms with Crippen molar-refractivity contribution in [3.05, 3.63) is 98.3 Å². The van der Waals surface area contributed by atoms with Crippen molar-refractivity contribution < 1.29 is 19.4 Å². The van der Waals surface area contributed by atoms with E-state index in [2.05, 4.69) is 13.0 Å². The highest BCUT2D eigenvalue weighted by Crippen LogP contribution is 2.40. The van der Waals surface area contributed by atoms with Crippen molar-refractivity contribution in [2.45, 2.75) is 58.3 Å². The summed E-state index contributed by atoms with van der Waals surface area (Å²) in [6.07, 6.45) is 1.90. The van der Waals surface area contributed by atoms with Crippen LogP contribution in [-0.2, 0) is 41.1 Å². The number of aliphatic hydroxyl groups is 1. The molecule has 0 bridgehead atoms. The summed E-state index contributed by atoms with van der Waals surface area (Å²) in [4.78, 5) is 43.5. The predicted octanol–water partition coefficient (Wildman–Crippen LogP) is 4.46. The lowest BCUT2D eigenvalue weighted by Crippen LogP contribution is -2.44. The van der Waals surface area contributed by atoms with Gasteiger partial charge in [0.15, 0.2) is 11.4 Å². The number of aryl methyl sites for hydroxylation is 2. The van der Waals surface area contributed by atoms with Crippen LogP contribution in [-0.4, -0.2) is 26.4 Å². The van der Waals surface area contributed by atoms with E-state index in [0.717, 1.165) is 39.6 Å². The second-order valence-corrected chi connectivity index (χ2v) is 10.0. The Kier molecular flexibility index (Phi) is 5.76. The predicted molar refractivity (Wildman–Crippen MR) is 143 cm³/mol. The van der Waals surface area contributed by atoms with E-state index in [1.807, 2.05) is 42.5 Å². The minimum absolute atomic E-state index is 0.107. The number of hydrogen-bond acceptors (Lipinski definition) is 6. The molecule has 4 aromatic rings. The molecule has 0 radical (unpaired) electrons. The highest BCUT2D eigenvalue weighted by molar-refractivity contribution is 5.96. The standard InChI is InChI=1S/C31H28N2O5/c1-3-20-21-14-18(11-13-27(34)19-8-6-5-7-9-19)10-12-25(21)32-28-22(20)16-33-26(28)15-24-23(29(33)35)17-38-30(36)31(24,37)4-2/h5-10,12,14-15,37H,3-4,11,13,16-17H2,1-2H3. The van der Waals surface area contributed by atoms with Crippen LogP contribution in [0.4, 0.5) is 0 Å². The average Bonchev–Trinajstić information content (AvgIpc) is 3.31. The van der Waals surface area contributed by atoms with Gasteiger partial charge in [-0.05, 0) is 48.6 Å². The number of aromatic nitrogens is 2. The third-order valence-electron chi connectivity index (χ3n) is 7.96. The number of ether oxygens (including phenoxy) is 1. The van der Waals surface area contributed by atoms with Gasteiger partial charge in [0, 0.05) is 28.5 Å². The third-order valence-corrected chi connectivity index (χ3v) is 7.96. The Hall–Kier alpha value is -4.10. The molecule has 0 aliphatic carbocycles. The molecular weight excluding hydrogens is 480 g/mol. The van der Waals surface area contributed by atoms with Gasteiger partial charge < -0.3 is 14.4 Å². The lowest BCUT2D eigenvalue weighted by Gasteiger charge is -2.31. The molecule has 0 saturated carbocycles. The molecule has 0 saturated heterocycles. The fraction of sp³-hybridized carbons (Fsp3) is 0.290. The van der Waals surface area contributed by atoms with Crippen LogP contribution in [0.15, 0.2) is 59.4 Å². The Labute approximate surface area is 219 Å². The molecular formula is C31H28N2O5. The molecule has 6 rings (SSSR count). The Balaban J connectivity index is 1.41. The topological polar surface area (TPSA) is 98.5 Å². The summed E-state index contributed by atoms with van der Waals surface area (Å²) in [5.41, 5.74) is 4.52. The SMILES string of the molecule is CCc1c2c(nc3ccc(CCC(=O)c4ccccc4)cc13)-c1cc3c(c(=O)n1C2)COC(=O)C3(O)CC. The summed E-state index contributed by atoms with van der Waals surface area (Å²) in [6, 6.07) is 17.1. The molecule has 2 aromatic heterocycles. The van der Waals surface area contributed by atoms with Crippen LogP contribution in [0, 0.1) is 0 Å². The number of nitrogens with zero attached hydrogens (tertiary/aromatic N) is 2. The number of pyridine rings is 2. The van der Waals surface area contributed by atoms with Crippen molar-refractivity contribution in [1.82, 2.24) is 9.55 Å². The molecule has 2 aliphatic heterocycles. The Morgan fingerprint density at radius 3 is 2.61 bits per heavy atom. The number of carbonyl (C=O) groups is 2. The van der Waals surface area contributed by atoms with E-state index in [-0.39, 0.29) is 24.4 Å². The molecule has 192 valence electrons. The van der Waals surface area contributed by atoms with E-state index < -0.39 is 11.6 Å². The van der Waals surface area contributed by atoms with Crippen LogP contribution < -0.4 is 5.56 Å². The maximum absolute atomic E-state index is 13.5. The largest absolute Gasteiger partial charge is 0.458 e. The van der Waals surface area contributed by atoms with E-state index in [1.54, 1.807) is 17.6 Å². The first-order valence-corrected chi connectivity index (χ1v) is 13.1. The molecule has 0 spiro atoms. The van der Waals surface area contributed by atoms with Crippen molar-refractivity contribution in [3.63, 3.8) is 0 Å². The normalized spacial score (nSPS) is 17.6. The minimum Gasteiger partial charge on any atom is -0.458 e. The van der Waals surface area contributed by atoms with Gasteiger partial charge >= 0.3 is 5.97 Å². The van der Waals surface area contributed by atoms with Gasteiger partial charge in [-0.15, -0.1) is 0 Å². The van der Waals surface area contributed by atoms with E-state index in [1.165, 1.54) is 0 Å². The molecule has 1 unspecified atom stereocenters. The molecule has 2 aliphatic rings. The summed E-state index contributed by atoms with van der Waals surface area (Å²) < 4.78 is 6.85. The zero-order valence-electron chi connectivity index (χ0n) is 21.4. The van der Waals surface area contributed by atoms with Gasteiger partial charge in [0.1, 0.15) is 6.61 Å². The zero-order chi connectivity index (χ0) is 26.6. The molecule has 4 heterocycles. The van der Waals surface area contributed by atoms with Crippen LogP contribution in [0.3, 0.4) is 0 Å². The zero-order valence-corrected chi connectivity index (χ0v) is 21.4. The number of carbonyl (C=O) groups excluding carboxylic acids is 2. The second kappa shape index (κ2) is 9.03. The second-order valence-electron chi connectivity index (χ2n) is 10.0. The monoisotopic (exact) mass is 508 g/mol. The molecule has 7 nitrogen and oxygen atoms in total. The molecule has 2 aromatic carbocycles. The fourth-order valence-electron chi connectivity index (χ4n) is 5.79. The van der Waals surface area contributed by atoms with Gasteiger partial charge in [0.05, 0.1) is 29.0 Å². The Morgan fingerprint density at radius 1 is 1.08 bits per heavy atom. The first kappa shape index (κ1) is 24.2. The van der Waals surface area contributed by atoms with Crippen molar-refractivity contribution in [2.75, 3.05) is 0 Å². The summed E-state index contributed by atoms with van der Waals surface area (Å²) in [7, 11) is 0. The molecule has 1 N–H and O–H groups in total. The molecule has 38 heavy (non-hydrogen) atoms. The number of fused-ring (bicyclic) bond motifs is 5. The van der Waals surface area contributed by atoms with Crippen LogP contribution in [0.2, 0.25) is 0 Å². The summed E-state index contributed by atoms with van der Waals surface area (Å²) >= 11 is 0. The van der Waals surface area contributed by atoms with Crippen molar-refractivity contribution in [3.8, 4) is 11.4 Å². The smallest absolute Gasteiger partial charge is 0.343 e. The summed E-state index contributed by atoms with van der Waals surface area (Å²) in [5, 5.41) is 12.1. The summed E-state index contributed by atoms with van der Waals surface area (Å²) in [6.45, 7) is 4.01. The number of rotatable bonds is 6.